The summed E-state index contributed by atoms with van der Waals surface area (Å²) in [5.74, 6) is -0.434. The summed E-state index contributed by atoms with van der Waals surface area (Å²) in [6, 6.07) is 21.9. The molecule has 5 fully saturated rings. The van der Waals surface area contributed by atoms with Crippen molar-refractivity contribution in [1.29, 1.82) is 0 Å². The molecular weight excluding hydrogens is 1140 g/mol. The van der Waals surface area contributed by atoms with Gasteiger partial charge >= 0.3 is 12.2 Å². The highest BCUT2D eigenvalue weighted by molar-refractivity contribution is 6.03. The molecule has 4 amide bonds. The first-order valence-corrected chi connectivity index (χ1v) is 32.7. The number of anilines is 3. The molecule has 3 unspecified atom stereocenters. The van der Waals surface area contributed by atoms with Crippen molar-refractivity contribution in [2.24, 2.45) is 0 Å². The highest BCUT2D eigenvalue weighted by atomic mass is 16.6. The normalized spacial score (nSPS) is 20.1. The van der Waals surface area contributed by atoms with Gasteiger partial charge in [-0.05, 0) is 167 Å². The zero-order valence-electron chi connectivity index (χ0n) is 53.7. The van der Waals surface area contributed by atoms with Crippen molar-refractivity contribution in [2.45, 2.75) is 230 Å². The molecule has 2 aliphatic carbocycles. The number of ether oxygens (including phenoxy) is 2. The van der Waals surface area contributed by atoms with E-state index in [0.717, 1.165) is 107 Å². The van der Waals surface area contributed by atoms with E-state index in [1.807, 2.05) is 78.1 Å². The van der Waals surface area contributed by atoms with Gasteiger partial charge in [0.1, 0.15) is 11.2 Å². The first-order valence-electron chi connectivity index (χ1n) is 32.7. The number of aliphatic hydroxyl groups is 2. The van der Waals surface area contributed by atoms with Gasteiger partial charge in [0.05, 0.1) is 36.1 Å². The van der Waals surface area contributed by atoms with Gasteiger partial charge in [-0.15, -0.1) is 0 Å². The Kier molecular flexibility index (Phi) is 21.7. The second-order valence-electron chi connectivity index (χ2n) is 27.6. The number of rotatable bonds is 12. The molecule has 3 saturated heterocycles. The molecule has 3 aromatic carbocycles. The largest absolute Gasteiger partial charge is 0.444 e. The summed E-state index contributed by atoms with van der Waals surface area (Å²) < 4.78 is 16.1. The van der Waals surface area contributed by atoms with Gasteiger partial charge in [0.2, 0.25) is 11.8 Å². The standard InChI is InChI=1S/C28H39N3O5.C23H31N3O3.C19H25N3O3/c1-27(2,3)36-26(34)31-16-9-10-20(31)19-30-17-13-21-22(25(30)33)11-8-12-23(21)29-24(32)18-28(35)14-6-4-5-7-15-28;27-21(15-23(29)11-3-1-2-4-12-23)25-20-9-5-8-19-18(20)10-14-26(22(19)28)16-17-7-6-13-24-17;1-19(2,3)25-18(24)22-10-5-6-13(22)12-21-11-9-14-15(17(21)23)7-4-8-16(14)20/h8,11-13,17,20,35H,4-7,9-10,14-16,18-19H2,1-3H3,(H,29,32);5,8-10,14,17,24,29H,1-4,6-7,11-13,15-16H2,(H,25,27);4,7-9,11,13H,5-6,10,12,20H2,1-3H3. The van der Waals surface area contributed by atoms with E-state index in [1.165, 1.54) is 0 Å². The number of likely N-dealkylation sites (tertiary alicyclic amines) is 2. The van der Waals surface area contributed by atoms with E-state index in [2.05, 4.69) is 16.0 Å². The van der Waals surface area contributed by atoms with Gasteiger partial charge in [-0.25, -0.2) is 9.59 Å². The fraction of sp³-hybridized carbons (Fsp3) is 0.557. The second kappa shape index (κ2) is 29.2. The van der Waals surface area contributed by atoms with E-state index >= 15 is 0 Å². The van der Waals surface area contributed by atoms with Crippen LogP contribution in [-0.4, -0.2) is 118 Å². The van der Waals surface area contributed by atoms with Crippen LogP contribution in [0.5, 0.6) is 0 Å². The van der Waals surface area contributed by atoms with Gasteiger partial charge in [0.25, 0.3) is 16.7 Å². The Balaban J connectivity index is 0.000000163. The van der Waals surface area contributed by atoms with Gasteiger partial charge in [-0.1, -0.05) is 69.6 Å². The summed E-state index contributed by atoms with van der Waals surface area (Å²) in [6.07, 6.45) is 21.4. The Labute approximate surface area is 527 Å². The number of nitrogens with zero attached hydrogens (tertiary/aromatic N) is 5. The summed E-state index contributed by atoms with van der Waals surface area (Å²) in [5, 5.41) is 34.9. The van der Waals surface area contributed by atoms with Gasteiger partial charge in [-0.2, -0.15) is 0 Å². The number of nitrogens with two attached hydrogens (primary N) is 1. The topological polar surface area (TPSA) is 262 Å². The monoisotopic (exact) mass is 1240 g/mol. The van der Waals surface area contributed by atoms with E-state index in [4.69, 9.17) is 15.2 Å². The van der Waals surface area contributed by atoms with Crippen LogP contribution in [0.3, 0.4) is 0 Å². The van der Waals surface area contributed by atoms with Gasteiger partial charge < -0.3 is 64.9 Å². The third-order valence-electron chi connectivity index (χ3n) is 18.1. The fourth-order valence-electron chi connectivity index (χ4n) is 13.5. The number of carbonyl (C=O) groups is 4. The molecule has 20 heteroatoms. The molecule has 2 saturated carbocycles. The quantitative estimate of drug-likeness (QED) is 0.0493. The Hall–Kier alpha value is -7.55. The number of amides is 4. The molecule has 3 aliphatic heterocycles. The third-order valence-corrected chi connectivity index (χ3v) is 18.1. The van der Waals surface area contributed by atoms with Crippen LogP contribution in [0.1, 0.15) is 170 Å². The minimum atomic E-state index is -0.959. The number of fused-ring (bicyclic) bond motifs is 3. The predicted octanol–water partition coefficient (Wildman–Crippen LogP) is 11.0. The molecule has 11 rings (SSSR count). The fourth-order valence-corrected chi connectivity index (χ4v) is 13.5. The molecule has 0 radical (unpaired) electrons. The molecule has 5 aliphatic rings. The number of hydrogen-bond donors (Lipinski definition) is 6. The van der Waals surface area contributed by atoms with Crippen molar-refractivity contribution < 1.29 is 38.9 Å². The van der Waals surface area contributed by atoms with E-state index in [0.29, 0.717) is 103 Å². The second-order valence-corrected chi connectivity index (χ2v) is 27.6. The molecule has 6 aromatic rings. The van der Waals surface area contributed by atoms with Gasteiger partial charge in [0, 0.05) is 107 Å². The van der Waals surface area contributed by atoms with E-state index < -0.39 is 22.4 Å². The smallest absolute Gasteiger partial charge is 0.410 e. The van der Waals surface area contributed by atoms with Crippen molar-refractivity contribution in [3.8, 4) is 0 Å². The van der Waals surface area contributed by atoms with E-state index in [9.17, 15) is 43.8 Å². The molecule has 0 spiro atoms. The van der Waals surface area contributed by atoms with Crippen LogP contribution in [0.2, 0.25) is 0 Å². The lowest BCUT2D eigenvalue weighted by molar-refractivity contribution is -0.122. The maximum atomic E-state index is 13.3. The summed E-state index contributed by atoms with van der Waals surface area (Å²) in [7, 11) is 0. The van der Waals surface area contributed by atoms with Crippen LogP contribution >= 0.6 is 0 Å². The van der Waals surface area contributed by atoms with Crippen LogP contribution in [0.25, 0.3) is 32.3 Å². The number of pyridine rings is 3. The van der Waals surface area contributed by atoms with Crippen molar-refractivity contribution in [3.63, 3.8) is 0 Å². The number of benzene rings is 3. The first-order chi connectivity index (χ1) is 42.8. The lowest BCUT2D eigenvalue weighted by atomic mass is 9.90. The summed E-state index contributed by atoms with van der Waals surface area (Å²) in [6.45, 7) is 14.9. The van der Waals surface area contributed by atoms with Crippen molar-refractivity contribution in [1.82, 2.24) is 28.8 Å². The predicted molar refractivity (Wildman–Crippen MR) is 354 cm³/mol. The number of carbonyl (C=O) groups excluding carboxylic acids is 4. The molecule has 486 valence electrons. The molecule has 20 nitrogen and oxygen atoms in total. The van der Waals surface area contributed by atoms with E-state index in [-0.39, 0.29) is 65.6 Å². The molecule has 3 atom stereocenters. The highest BCUT2D eigenvalue weighted by Gasteiger charge is 2.36. The molecule has 90 heavy (non-hydrogen) atoms. The average Bonchev–Trinajstić information content (AvgIpc) is 1.20. The van der Waals surface area contributed by atoms with Crippen molar-refractivity contribution >= 4 is 73.4 Å². The zero-order valence-corrected chi connectivity index (χ0v) is 53.7. The SMILES string of the molecule is CC(C)(C)OC(=O)N1CCCC1Cn1ccc2c(N)cccc2c1=O.CC(C)(C)OC(=O)N1CCCC1Cn1ccc2c(NC(=O)CC3(O)CCCCCC3)cccc2c1=O.O=C(CC1(O)CCCCCC1)Nc1cccc2c(=O)n(CC3CCCN3)ccc12. The minimum Gasteiger partial charge on any atom is -0.444 e. The van der Waals surface area contributed by atoms with Crippen molar-refractivity contribution in [3.05, 3.63) is 122 Å². The maximum Gasteiger partial charge on any atom is 0.410 e. The van der Waals surface area contributed by atoms with Crippen LogP contribution in [-0.2, 0) is 38.7 Å². The van der Waals surface area contributed by atoms with Crippen LogP contribution in [0.4, 0.5) is 26.7 Å². The van der Waals surface area contributed by atoms with Crippen LogP contribution in [0.15, 0.2) is 106 Å². The van der Waals surface area contributed by atoms with E-state index in [1.54, 1.807) is 78.4 Å². The highest BCUT2D eigenvalue weighted by Crippen LogP contribution is 2.33. The summed E-state index contributed by atoms with van der Waals surface area (Å²) >= 11 is 0. The Morgan fingerprint density at radius 2 is 0.900 bits per heavy atom. The molecule has 6 heterocycles. The Morgan fingerprint density at radius 3 is 1.30 bits per heavy atom. The maximum absolute atomic E-state index is 13.3. The number of aromatic nitrogens is 3. The lowest BCUT2D eigenvalue weighted by Crippen LogP contribution is -2.42. The van der Waals surface area contributed by atoms with Crippen LogP contribution < -0.4 is 38.4 Å². The summed E-state index contributed by atoms with van der Waals surface area (Å²) in [4.78, 5) is 93.0. The molecule has 0 bridgehead atoms. The molecular formula is C70H95N9O11. The third kappa shape index (κ3) is 17.5. The number of hydrogen-bond acceptors (Lipinski definition) is 13. The average molecular weight is 1240 g/mol. The first kappa shape index (κ1) is 66.9. The number of nitrogen functional groups attached to an aromatic ring is 1. The Bertz CT molecular complexity index is 3690. The number of nitrogens with one attached hydrogen (secondary N) is 3. The van der Waals surface area contributed by atoms with Gasteiger partial charge in [-0.3, -0.25) is 24.0 Å². The van der Waals surface area contributed by atoms with Gasteiger partial charge in [0.15, 0.2) is 0 Å². The lowest BCUT2D eigenvalue weighted by Gasteiger charge is -2.29. The molecule has 3 aromatic heterocycles. The zero-order chi connectivity index (χ0) is 64.4. The summed E-state index contributed by atoms with van der Waals surface area (Å²) in [5.41, 5.74) is 4.49. The Morgan fingerprint density at radius 1 is 0.511 bits per heavy atom. The van der Waals surface area contributed by atoms with Crippen molar-refractivity contribution in [2.75, 3.05) is 36.0 Å². The minimum absolute atomic E-state index is 0.0327. The molecule has 7 N–H and O–H groups in total. The van der Waals surface area contributed by atoms with Crippen LogP contribution in [0, 0.1) is 0 Å².